The lowest BCUT2D eigenvalue weighted by Gasteiger charge is -2.31. The van der Waals surface area contributed by atoms with E-state index in [9.17, 15) is 17.6 Å². The Bertz CT molecular complexity index is 1170. The van der Waals surface area contributed by atoms with Gasteiger partial charge in [-0.15, -0.1) is 11.3 Å². The normalized spacial score (nSPS) is 19.8. The number of carbonyl (C=O) groups is 1. The molecule has 0 unspecified atom stereocenters. The van der Waals surface area contributed by atoms with Crippen LogP contribution in [0.3, 0.4) is 0 Å². The second-order valence-electron chi connectivity index (χ2n) is 9.71. The summed E-state index contributed by atoms with van der Waals surface area (Å²) in [7, 11) is -3.73. The third-order valence-electron chi connectivity index (χ3n) is 6.79. The van der Waals surface area contributed by atoms with Crippen LogP contribution in [0.4, 0.5) is 4.39 Å². The maximum Gasteiger partial charge on any atom is 0.267 e. The van der Waals surface area contributed by atoms with Crippen LogP contribution in [0.25, 0.3) is 0 Å². The number of piperidine rings is 1. The molecular weight excluding hydrogens is 477 g/mol. The zero-order valence-electron chi connectivity index (χ0n) is 19.3. The van der Waals surface area contributed by atoms with E-state index in [1.165, 1.54) is 12.1 Å². The molecule has 1 amide bonds. The van der Waals surface area contributed by atoms with Crippen LogP contribution in [-0.4, -0.2) is 49.2 Å². The Labute approximate surface area is 203 Å². The summed E-state index contributed by atoms with van der Waals surface area (Å²) in [5.41, 5.74) is 1.69. The Kier molecular flexibility index (Phi) is 6.65. The van der Waals surface area contributed by atoms with Crippen LogP contribution in [0.1, 0.15) is 71.1 Å². The topological polar surface area (TPSA) is 88.6 Å². The van der Waals surface area contributed by atoms with Crippen molar-refractivity contribution >= 4 is 27.3 Å². The average Bonchev–Trinajstić information content (AvgIpc) is 3.71. The van der Waals surface area contributed by atoms with Gasteiger partial charge in [0.15, 0.2) is 0 Å². The molecule has 1 aromatic carbocycles. The first-order valence-electron chi connectivity index (χ1n) is 11.9. The third-order valence-corrected chi connectivity index (χ3v) is 9.43. The summed E-state index contributed by atoms with van der Waals surface area (Å²) in [6, 6.07) is 2.74. The number of carbonyl (C=O) groups excluding carboxylic acids is 1. The van der Waals surface area contributed by atoms with E-state index in [4.69, 9.17) is 4.74 Å². The first-order valence-corrected chi connectivity index (χ1v) is 14.4. The van der Waals surface area contributed by atoms with Gasteiger partial charge < -0.3 is 4.74 Å². The molecule has 1 aliphatic heterocycles. The number of nitrogens with zero attached hydrogens (tertiary/aromatic N) is 2. The summed E-state index contributed by atoms with van der Waals surface area (Å²) in [6.07, 6.45) is 4.99. The molecule has 0 bridgehead atoms. The summed E-state index contributed by atoms with van der Waals surface area (Å²) in [6.45, 7) is 5.34. The Morgan fingerprint density at radius 2 is 1.94 bits per heavy atom. The molecule has 2 aliphatic carbocycles. The minimum atomic E-state index is -3.73. The molecule has 10 heteroatoms. The zero-order valence-corrected chi connectivity index (χ0v) is 20.9. The van der Waals surface area contributed by atoms with Gasteiger partial charge in [0, 0.05) is 18.0 Å². The van der Waals surface area contributed by atoms with Crippen molar-refractivity contribution < 1.29 is 22.3 Å². The van der Waals surface area contributed by atoms with Crippen LogP contribution < -0.4 is 9.46 Å². The molecule has 34 heavy (non-hydrogen) atoms. The number of hydrogen-bond donors (Lipinski definition) is 1. The first kappa shape index (κ1) is 23.7. The van der Waals surface area contributed by atoms with Crippen LogP contribution >= 0.6 is 11.3 Å². The van der Waals surface area contributed by atoms with Gasteiger partial charge in [0.1, 0.15) is 11.6 Å². The second-order valence-corrected chi connectivity index (χ2v) is 12.7. The number of hydrogen-bond acceptors (Lipinski definition) is 7. The number of sulfonamides is 1. The highest BCUT2D eigenvalue weighted by atomic mass is 32.2. The predicted molar refractivity (Wildman–Crippen MR) is 128 cm³/mol. The van der Waals surface area contributed by atoms with Crippen molar-refractivity contribution in [3.63, 3.8) is 0 Å². The SMILES string of the molecule is Cc1nc(CN2CCC(COc3cc(F)c(C(=O)NS(=O)(=O)C4CC4)cc3C3CC3)CC2)cs1. The first-order chi connectivity index (χ1) is 16.3. The van der Waals surface area contributed by atoms with Gasteiger partial charge in [0.2, 0.25) is 10.0 Å². The maximum atomic E-state index is 14.8. The van der Waals surface area contributed by atoms with Crippen LogP contribution in [0.2, 0.25) is 0 Å². The number of rotatable bonds is 9. The molecule has 3 aliphatic rings. The molecule has 0 spiro atoms. The van der Waals surface area contributed by atoms with Crippen molar-refractivity contribution in [2.75, 3.05) is 19.7 Å². The van der Waals surface area contributed by atoms with Gasteiger partial charge in [-0.2, -0.15) is 0 Å². The van der Waals surface area contributed by atoms with Crippen LogP contribution in [-0.2, 0) is 16.6 Å². The minimum Gasteiger partial charge on any atom is -0.493 e. The summed E-state index contributed by atoms with van der Waals surface area (Å²) in [5.74, 6) is -0.570. The average molecular weight is 508 g/mol. The van der Waals surface area contributed by atoms with Crippen LogP contribution in [0, 0.1) is 18.7 Å². The summed E-state index contributed by atoms with van der Waals surface area (Å²) < 4.78 is 47.2. The lowest BCUT2D eigenvalue weighted by Crippen LogP contribution is -2.35. The molecule has 2 saturated carbocycles. The van der Waals surface area contributed by atoms with Crippen molar-refractivity contribution in [1.82, 2.24) is 14.6 Å². The van der Waals surface area contributed by atoms with Crippen molar-refractivity contribution in [3.05, 3.63) is 45.2 Å². The molecular formula is C24H30FN3O4S2. The highest BCUT2D eigenvalue weighted by Crippen LogP contribution is 2.45. The second kappa shape index (κ2) is 9.54. The number of benzene rings is 1. The molecule has 5 rings (SSSR count). The highest BCUT2D eigenvalue weighted by molar-refractivity contribution is 7.91. The van der Waals surface area contributed by atoms with Crippen molar-refractivity contribution in [1.29, 1.82) is 0 Å². The highest BCUT2D eigenvalue weighted by Gasteiger charge is 2.38. The Balaban J connectivity index is 1.19. The Morgan fingerprint density at radius 3 is 2.56 bits per heavy atom. The zero-order chi connectivity index (χ0) is 23.9. The van der Waals surface area contributed by atoms with E-state index in [1.807, 2.05) is 11.6 Å². The van der Waals surface area contributed by atoms with E-state index in [-0.39, 0.29) is 11.5 Å². The number of aromatic nitrogens is 1. The lowest BCUT2D eigenvalue weighted by atomic mass is 9.97. The molecule has 7 nitrogen and oxygen atoms in total. The molecule has 184 valence electrons. The van der Waals surface area contributed by atoms with E-state index in [1.54, 1.807) is 11.3 Å². The van der Waals surface area contributed by atoms with E-state index in [0.29, 0.717) is 31.1 Å². The monoisotopic (exact) mass is 507 g/mol. The fourth-order valence-electron chi connectivity index (χ4n) is 4.46. The smallest absolute Gasteiger partial charge is 0.267 e. The lowest BCUT2D eigenvalue weighted by molar-refractivity contribution is 0.0977. The molecule has 0 atom stereocenters. The molecule has 2 heterocycles. The van der Waals surface area contributed by atoms with Gasteiger partial charge in [0.05, 0.1) is 28.1 Å². The van der Waals surface area contributed by atoms with E-state index in [0.717, 1.165) is 61.6 Å². The third kappa shape index (κ3) is 5.60. The van der Waals surface area contributed by atoms with E-state index < -0.39 is 27.0 Å². The van der Waals surface area contributed by atoms with Gasteiger partial charge >= 0.3 is 0 Å². The van der Waals surface area contributed by atoms with Gasteiger partial charge in [-0.05, 0) is 82.0 Å². The summed E-state index contributed by atoms with van der Waals surface area (Å²) >= 11 is 1.68. The molecule has 0 radical (unpaired) electrons. The summed E-state index contributed by atoms with van der Waals surface area (Å²) in [4.78, 5) is 19.5. The molecule has 2 aromatic rings. The Morgan fingerprint density at radius 1 is 1.21 bits per heavy atom. The van der Waals surface area contributed by atoms with E-state index >= 15 is 0 Å². The van der Waals surface area contributed by atoms with Crippen molar-refractivity contribution in [2.24, 2.45) is 5.92 Å². The maximum absolute atomic E-state index is 14.8. The number of thiazole rings is 1. The number of amides is 1. The number of aryl methyl sites for hydroxylation is 1. The molecule has 1 saturated heterocycles. The summed E-state index contributed by atoms with van der Waals surface area (Å²) in [5, 5.41) is 2.66. The fraction of sp³-hybridized carbons (Fsp3) is 0.583. The molecule has 3 fully saturated rings. The van der Waals surface area contributed by atoms with Gasteiger partial charge in [0.25, 0.3) is 5.91 Å². The minimum absolute atomic E-state index is 0.227. The number of halogens is 1. The van der Waals surface area contributed by atoms with E-state index in [2.05, 4.69) is 15.3 Å². The standard InChI is InChI=1S/C24H30FN3O4S2/c1-15-26-18(14-33-15)12-28-8-6-16(7-9-28)13-32-23-11-22(25)21(10-20(23)17-2-3-17)24(29)27-34(30,31)19-4-5-19/h10-11,14,16-17,19H,2-9,12-13H2,1H3,(H,27,29). The number of nitrogens with one attached hydrogen (secondary N) is 1. The molecule has 1 N–H and O–H groups in total. The van der Waals surface area contributed by atoms with Crippen molar-refractivity contribution in [2.45, 2.75) is 63.2 Å². The van der Waals surface area contributed by atoms with Crippen LogP contribution in [0.15, 0.2) is 17.5 Å². The van der Waals surface area contributed by atoms with Gasteiger partial charge in [-0.1, -0.05) is 0 Å². The van der Waals surface area contributed by atoms with Crippen molar-refractivity contribution in [3.8, 4) is 5.75 Å². The fourth-order valence-corrected chi connectivity index (χ4v) is 6.35. The molecule has 1 aromatic heterocycles. The predicted octanol–water partition coefficient (Wildman–Crippen LogP) is 3.98. The number of likely N-dealkylation sites (tertiary alicyclic amines) is 1. The van der Waals surface area contributed by atoms with Gasteiger partial charge in [-0.25, -0.2) is 22.5 Å². The Hall–Kier alpha value is -2.04. The quantitative estimate of drug-likeness (QED) is 0.552. The van der Waals surface area contributed by atoms with Gasteiger partial charge in [-0.3, -0.25) is 9.69 Å². The number of ether oxygens (including phenoxy) is 1. The van der Waals surface area contributed by atoms with Crippen LogP contribution in [0.5, 0.6) is 5.75 Å². The largest absolute Gasteiger partial charge is 0.493 e.